The van der Waals surface area contributed by atoms with Gasteiger partial charge in [-0.1, -0.05) is 6.92 Å². The van der Waals surface area contributed by atoms with Crippen LogP contribution in [-0.2, 0) is 4.74 Å². The van der Waals surface area contributed by atoms with Crippen molar-refractivity contribution in [3.05, 3.63) is 18.1 Å². The lowest BCUT2D eigenvalue weighted by atomic mass is 9.95. The van der Waals surface area contributed by atoms with Crippen molar-refractivity contribution in [2.45, 2.75) is 19.4 Å². The van der Waals surface area contributed by atoms with E-state index in [2.05, 4.69) is 26.5 Å². The van der Waals surface area contributed by atoms with Crippen molar-refractivity contribution in [3.8, 4) is 0 Å². The van der Waals surface area contributed by atoms with E-state index in [4.69, 9.17) is 5.73 Å². The third-order valence-electron chi connectivity index (χ3n) is 3.30. The average Bonchev–Trinajstić information content (AvgIpc) is 2.41. The van der Waals surface area contributed by atoms with E-state index in [0.717, 1.165) is 25.3 Å². The summed E-state index contributed by atoms with van der Waals surface area (Å²) < 4.78 is 4.61. The van der Waals surface area contributed by atoms with Crippen molar-refractivity contribution in [3.63, 3.8) is 0 Å². The molecule has 2 unspecified atom stereocenters. The molecule has 1 saturated heterocycles. The van der Waals surface area contributed by atoms with Crippen LogP contribution in [0.4, 0.5) is 5.82 Å². The number of hydrogen-bond acceptors (Lipinski definition) is 6. The molecule has 0 saturated carbocycles. The molecule has 2 heterocycles. The van der Waals surface area contributed by atoms with Gasteiger partial charge >= 0.3 is 5.97 Å². The van der Waals surface area contributed by atoms with Gasteiger partial charge in [0, 0.05) is 25.3 Å². The number of carbonyl (C=O) groups is 1. The standard InChI is InChI=1S/C12H18N4O2/c1-8-7-16(6-4-9(8)13)10-3-5-14-11(15-10)12(17)18-2/h3,5,8-9H,4,6-7,13H2,1-2H3. The van der Waals surface area contributed by atoms with Gasteiger partial charge in [0.2, 0.25) is 5.82 Å². The first-order valence-corrected chi connectivity index (χ1v) is 6.03. The number of ether oxygens (including phenoxy) is 1. The maximum absolute atomic E-state index is 11.4. The van der Waals surface area contributed by atoms with Gasteiger partial charge < -0.3 is 15.4 Å². The van der Waals surface area contributed by atoms with Crippen LogP contribution in [-0.4, -0.2) is 42.2 Å². The van der Waals surface area contributed by atoms with Crippen LogP contribution < -0.4 is 10.6 Å². The van der Waals surface area contributed by atoms with Crippen LogP contribution in [0, 0.1) is 5.92 Å². The largest absolute Gasteiger partial charge is 0.463 e. The van der Waals surface area contributed by atoms with Crippen LogP contribution in [0.5, 0.6) is 0 Å². The molecule has 0 amide bonds. The molecule has 6 heteroatoms. The SMILES string of the molecule is COC(=O)c1nccc(N2CCC(N)C(C)C2)n1. The van der Waals surface area contributed by atoms with E-state index in [-0.39, 0.29) is 11.9 Å². The Kier molecular flexibility index (Phi) is 3.76. The topological polar surface area (TPSA) is 81.3 Å². The number of carbonyl (C=O) groups excluding carboxylic acids is 1. The molecule has 1 aromatic rings. The highest BCUT2D eigenvalue weighted by Gasteiger charge is 2.24. The molecule has 0 aliphatic carbocycles. The van der Waals surface area contributed by atoms with Crippen molar-refractivity contribution in [2.75, 3.05) is 25.1 Å². The van der Waals surface area contributed by atoms with Crippen LogP contribution in [0.3, 0.4) is 0 Å². The molecule has 1 aliphatic rings. The van der Waals surface area contributed by atoms with E-state index < -0.39 is 5.97 Å². The summed E-state index contributed by atoms with van der Waals surface area (Å²) in [4.78, 5) is 21.6. The predicted octanol–water partition coefficient (Wildman–Crippen LogP) is 0.437. The van der Waals surface area contributed by atoms with Crippen molar-refractivity contribution < 1.29 is 9.53 Å². The summed E-state index contributed by atoms with van der Waals surface area (Å²) in [6.07, 6.45) is 2.51. The van der Waals surface area contributed by atoms with Crippen LogP contribution in [0.1, 0.15) is 24.0 Å². The third kappa shape index (κ3) is 2.59. The second-order valence-electron chi connectivity index (χ2n) is 4.61. The van der Waals surface area contributed by atoms with Crippen LogP contribution in [0.25, 0.3) is 0 Å². The minimum Gasteiger partial charge on any atom is -0.463 e. The smallest absolute Gasteiger partial charge is 0.376 e. The van der Waals surface area contributed by atoms with E-state index in [1.54, 1.807) is 12.3 Å². The predicted molar refractivity (Wildman–Crippen MR) is 67.3 cm³/mol. The quantitative estimate of drug-likeness (QED) is 0.767. The Labute approximate surface area is 106 Å². The fraction of sp³-hybridized carbons (Fsp3) is 0.583. The molecule has 0 spiro atoms. The summed E-state index contributed by atoms with van der Waals surface area (Å²) in [5.74, 6) is 0.746. The summed E-state index contributed by atoms with van der Waals surface area (Å²) in [5.41, 5.74) is 5.98. The second-order valence-corrected chi connectivity index (χ2v) is 4.61. The lowest BCUT2D eigenvalue weighted by Crippen LogP contribution is -2.46. The van der Waals surface area contributed by atoms with Gasteiger partial charge in [-0.05, 0) is 18.4 Å². The van der Waals surface area contributed by atoms with Gasteiger partial charge in [-0.3, -0.25) is 0 Å². The van der Waals surface area contributed by atoms with E-state index in [1.165, 1.54) is 7.11 Å². The first-order chi connectivity index (χ1) is 8.61. The van der Waals surface area contributed by atoms with Gasteiger partial charge in [0.1, 0.15) is 5.82 Å². The van der Waals surface area contributed by atoms with Crippen LogP contribution in [0.15, 0.2) is 12.3 Å². The molecule has 98 valence electrons. The summed E-state index contributed by atoms with van der Waals surface area (Å²) in [6.45, 7) is 3.82. The highest BCUT2D eigenvalue weighted by atomic mass is 16.5. The normalized spacial score (nSPS) is 23.8. The second kappa shape index (κ2) is 5.30. The minimum atomic E-state index is -0.515. The Bertz CT molecular complexity index is 438. The molecule has 0 bridgehead atoms. The first kappa shape index (κ1) is 12.8. The number of anilines is 1. The number of rotatable bonds is 2. The highest BCUT2D eigenvalue weighted by molar-refractivity contribution is 5.85. The fourth-order valence-electron chi connectivity index (χ4n) is 2.09. The Balaban J connectivity index is 2.16. The molecule has 2 N–H and O–H groups in total. The maximum atomic E-state index is 11.4. The molecule has 0 aromatic carbocycles. The van der Waals surface area contributed by atoms with Gasteiger partial charge in [-0.2, -0.15) is 0 Å². The Morgan fingerprint density at radius 1 is 1.61 bits per heavy atom. The van der Waals surface area contributed by atoms with E-state index in [9.17, 15) is 4.79 Å². The van der Waals surface area contributed by atoms with Crippen LogP contribution >= 0.6 is 0 Å². The average molecular weight is 250 g/mol. The number of piperidine rings is 1. The summed E-state index contributed by atoms with van der Waals surface area (Å²) in [5, 5.41) is 0. The number of aromatic nitrogens is 2. The molecule has 2 rings (SSSR count). The summed E-state index contributed by atoms with van der Waals surface area (Å²) >= 11 is 0. The zero-order chi connectivity index (χ0) is 13.1. The Hall–Kier alpha value is -1.69. The zero-order valence-electron chi connectivity index (χ0n) is 10.7. The fourth-order valence-corrected chi connectivity index (χ4v) is 2.09. The Morgan fingerprint density at radius 3 is 3.06 bits per heavy atom. The van der Waals surface area contributed by atoms with Gasteiger partial charge in [0.05, 0.1) is 7.11 Å². The number of methoxy groups -OCH3 is 1. The molecule has 6 nitrogen and oxygen atoms in total. The number of nitrogens with two attached hydrogens (primary N) is 1. The zero-order valence-corrected chi connectivity index (χ0v) is 10.7. The molecule has 18 heavy (non-hydrogen) atoms. The molecule has 2 atom stereocenters. The van der Waals surface area contributed by atoms with Crippen molar-refractivity contribution in [1.29, 1.82) is 0 Å². The van der Waals surface area contributed by atoms with E-state index in [1.807, 2.05) is 0 Å². The van der Waals surface area contributed by atoms with Gasteiger partial charge in [-0.25, -0.2) is 14.8 Å². The van der Waals surface area contributed by atoms with Crippen molar-refractivity contribution in [2.24, 2.45) is 11.7 Å². The van der Waals surface area contributed by atoms with Gasteiger partial charge in [0.15, 0.2) is 0 Å². The van der Waals surface area contributed by atoms with Gasteiger partial charge in [-0.15, -0.1) is 0 Å². The lowest BCUT2D eigenvalue weighted by molar-refractivity contribution is 0.0586. The van der Waals surface area contributed by atoms with Crippen molar-refractivity contribution in [1.82, 2.24) is 9.97 Å². The number of hydrogen-bond donors (Lipinski definition) is 1. The first-order valence-electron chi connectivity index (χ1n) is 6.03. The van der Waals surface area contributed by atoms with Crippen LogP contribution in [0.2, 0.25) is 0 Å². The highest BCUT2D eigenvalue weighted by Crippen LogP contribution is 2.20. The third-order valence-corrected chi connectivity index (χ3v) is 3.30. The molecule has 1 fully saturated rings. The maximum Gasteiger partial charge on any atom is 0.376 e. The van der Waals surface area contributed by atoms with E-state index >= 15 is 0 Å². The van der Waals surface area contributed by atoms with Gasteiger partial charge in [0.25, 0.3) is 0 Å². The molecular formula is C12H18N4O2. The number of nitrogens with zero attached hydrogens (tertiary/aromatic N) is 3. The van der Waals surface area contributed by atoms with Crippen molar-refractivity contribution >= 4 is 11.8 Å². The molecule has 0 radical (unpaired) electrons. The molecular weight excluding hydrogens is 232 g/mol. The Morgan fingerprint density at radius 2 is 2.39 bits per heavy atom. The monoisotopic (exact) mass is 250 g/mol. The summed E-state index contributed by atoms with van der Waals surface area (Å²) in [6, 6.07) is 2.04. The summed E-state index contributed by atoms with van der Waals surface area (Å²) in [7, 11) is 1.32. The number of esters is 1. The lowest BCUT2D eigenvalue weighted by Gasteiger charge is -2.35. The molecule has 1 aromatic heterocycles. The van der Waals surface area contributed by atoms with E-state index in [0.29, 0.717) is 5.92 Å². The minimum absolute atomic E-state index is 0.0949. The molecule has 1 aliphatic heterocycles.